The van der Waals surface area contributed by atoms with E-state index >= 15 is 0 Å². The Bertz CT molecular complexity index is 764. The van der Waals surface area contributed by atoms with Gasteiger partial charge in [-0.05, 0) is 45.5 Å². The maximum atomic E-state index is 13.4. The zero-order valence-electron chi connectivity index (χ0n) is 16.2. The number of rotatable bonds is 5. The molecule has 1 aliphatic rings. The second-order valence-electron chi connectivity index (χ2n) is 7.80. The Balaban J connectivity index is 2.08. The van der Waals surface area contributed by atoms with Crippen LogP contribution in [0.2, 0.25) is 0 Å². The van der Waals surface area contributed by atoms with Crippen molar-refractivity contribution in [3.05, 3.63) is 35.6 Å². The first-order valence-electron chi connectivity index (χ1n) is 8.86. The van der Waals surface area contributed by atoms with Gasteiger partial charge in [0.15, 0.2) is 0 Å². The fourth-order valence-electron chi connectivity index (χ4n) is 2.96. The first-order valence-corrected chi connectivity index (χ1v) is 10.5. The van der Waals surface area contributed by atoms with Gasteiger partial charge in [0.2, 0.25) is 10.0 Å². The summed E-state index contributed by atoms with van der Waals surface area (Å²) >= 11 is 0. The van der Waals surface area contributed by atoms with Crippen molar-refractivity contribution in [2.45, 2.75) is 38.2 Å². The highest BCUT2D eigenvalue weighted by molar-refractivity contribution is 7.88. The largest absolute Gasteiger partial charge is 0.444 e. The Morgan fingerprint density at radius 2 is 2.04 bits per heavy atom. The van der Waals surface area contributed by atoms with E-state index in [-0.39, 0.29) is 12.3 Å². The summed E-state index contributed by atoms with van der Waals surface area (Å²) in [6.07, 6.45) is -0.585. The van der Waals surface area contributed by atoms with Crippen molar-refractivity contribution in [1.29, 1.82) is 0 Å². The zero-order chi connectivity index (χ0) is 20.2. The summed E-state index contributed by atoms with van der Waals surface area (Å²) in [6, 6.07) is 5.16. The predicted molar refractivity (Wildman–Crippen MR) is 101 cm³/mol. The molecule has 9 heteroatoms. The molecular formula is C18H28FN3O4S. The van der Waals surface area contributed by atoms with Gasteiger partial charge >= 0.3 is 6.09 Å². The van der Waals surface area contributed by atoms with Crippen molar-refractivity contribution < 1.29 is 22.3 Å². The van der Waals surface area contributed by atoms with E-state index in [1.807, 2.05) is 11.9 Å². The minimum Gasteiger partial charge on any atom is -0.444 e. The minimum absolute atomic E-state index is 0.141. The molecule has 1 aromatic carbocycles. The SMILES string of the molecule is CN1CCN(S(=O)(=O)Cc2cccc(F)c2)C(CNC(=O)OC(C)(C)C)C1. The van der Waals surface area contributed by atoms with E-state index in [0.29, 0.717) is 25.2 Å². The van der Waals surface area contributed by atoms with Crippen LogP contribution in [0.1, 0.15) is 26.3 Å². The molecule has 0 radical (unpaired) electrons. The van der Waals surface area contributed by atoms with Gasteiger partial charge in [-0.15, -0.1) is 0 Å². The van der Waals surface area contributed by atoms with Crippen LogP contribution < -0.4 is 5.32 Å². The van der Waals surface area contributed by atoms with Crippen LogP contribution >= 0.6 is 0 Å². The Hall–Kier alpha value is -1.71. The molecule has 1 saturated heterocycles. The van der Waals surface area contributed by atoms with Gasteiger partial charge < -0.3 is 15.0 Å². The van der Waals surface area contributed by atoms with Crippen LogP contribution in [0.5, 0.6) is 0 Å². The summed E-state index contributed by atoms with van der Waals surface area (Å²) in [5.74, 6) is -0.749. The Labute approximate surface area is 160 Å². The minimum atomic E-state index is -3.66. The van der Waals surface area contributed by atoms with Gasteiger partial charge in [0.25, 0.3) is 0 Å². The number of ether oxygens (including phenoxy) is 1. The maximum absolute atomic E-state index is 13.4. The number of hydrogen-bond donors (Lipinski definition) is 1. The highest BCUT2D eigenvalue weighted by Crippen LogP contribution is 2.18. The molecule has 0 saturated carbocycles. The predicted octanol–water partition coefficient (Wildman–Crippen LogP) is 1.80. The van der Waals surface area contributed by atoms with E-state index < -0.39 is 33.6 Å². The van der Waals surface area contributed by atoms with Crippen molar-refractivity contribution in [3.63, 3.8) is 0 Å². The highest BCUT2D eigenvalue weighted by atomic mass is 32.2. The first kappa shape index (κ1) is 21.6. The summed E-state index contributed by atoms with van der Waals surface area (Å²) in [7, 11) is -1.76. The average molecular weight is 402 g/mol. The molecule has 152 valence electrons. The van der Waals surface area contributed by atoms with E-state index in [2.05, 4.69) is 5.32 Å². The van der Waals surface area contributed by atoms with Crippen LogP contribution in [0.25, 0.3) is 0 Å². The molecule has 1 atom stereocenters. The molecule has 0 bridgehead atoms. The van der Waals surface area contributed by atoms with E-state index in [1.54, 1.807) is 26.8 Å². The van der Waals surface area contributed by atoms with Gasteiger partial charge in [0, 0.05) is 26.2 Å². The molecule has 1 amide bonds. The molecule has 0 aliphatic carbocycles. The molecule has 1 N–H and O–H groups in total. The summed E-state index contributed by atoms with van der Waals surface area (Å²) in [5.41, 5.74) is -0.232. The molecular weight excluding hydrogens is 373 g/mol. The number of carbonyl (C=O) groups is 1. The van der Waals surface area contributed by atoms with Crippen LogP contribution in [-0.4, -0.2) is 68.6 Å². The molecule has 27 heavy (non-hydrogen) atoms. The molecule has 1 aromatic rings. The number of hydrogen-bond acceptors (Lipinski definition) is 5. The Morgan fingerprint density at radius 1 is 1.33 bits per heavy atom. The topological polar surface area (TPSA) is 79.0 Å². The Kier molecular flexibility index (Phi) is 6.82. The normalized spacial score (nSPS) is 19.7. The van der Waals surface area contributed by atoms with Gasteiger partial charge in [-0.2, -0.15) is 4.31 Å². The molecule has 1 fully saturated rings. The lowest BCUT2D eigenvalue weighted by Crippen LogP contribution is -2.58. The highest BCUT2D eigenvalue weighted by Gasteiger charge is 2.34. The maximum Gasteiger partial charge on any atom is 0.407 e. The quantitative estimate of drug-likeness (QED) is 0.814. The van der Waals surface area contributed by atoms with Gasteiger partial charge in [-0.25, -0.2) is 17.6 Å². The number of alkyl carbamates (subject to hydrolysis) is 1. The van der Waals surface area contributed by atoms with Crippen LogP contribution in [0.15, 0.2) is 24.3 Å². The van der Waals surface area contributed by atoms with Gasteiger partial charge in [0.1, 0.15) is 11.4 Å². The fourth-order valence-corrected chi connectivity index (χ4v) is 4.68. The molecule has 2 rings (SSSR count). The number of amides is 1. The summed E-state index contributed by atoms with van der Waals surface area (Å²) in [5, 5.41) is 2.65. The van der Waals surface area contributed by atoms with Crippen molar-refractivity contribution in [3.8, 4) is 0 Å². The molecule has 7 nitrogen and oxygen atoms in total. The molecule has 1 unspecified atom stereocenters. The van der Waals surface area contributed by atoms with Gasteiger partial charge in [-0.1, -0.05) is 12.1 Å². The van der Waals surface area contributed by atoms with E-state index in [9.17, 15) is 17.6 Å². The number of nitrogens with zero attached hydrogens (tertiary/aromatic N) is 2. The number of benzene rings is 1. The zero-order valence-corrected chi connectivity index (χ0v) is 17.1. The monoisotopic (exact) mass is 401 g/mol. The fraction of sp³-hybridized carbons (Fsp3) is 0.611. The smallest absolute Gasteiger partial charge is 0.407 e. The second-order valence-corrected chi connectivity index (χ2v) is 9.72. The number of nitrogens with one attached hydrogen (secondary N) is 1. The van der Waals surface area contributed by atoms with Crippen LogP contribution in [0.3, 0.4) is 0 Å². The third kappa shape index (κ3) is 6.75. The second kappa shape index (κ2) is 8.53. The number of halogens is 1. The molecule has 1 aliphatic heterocycles. The van der Waals surface area contributed by atoms with Gasteiger partial charge in [-0.3, -0.25) is 0 Å². The third-order valence-electron chi connectivity index (χ3n) is 4.11. The van der Waals surface area contributed by atoms with E-state index in [4.69, 9.17) is 4.74 Å². The lowest BCUT2D eigenvalue weighted by Gasteiger charge is -2.39. The number of carbonyl (C=O) groups excluding carboxylic acids is 1. The van der Waals surface area contributed by atoms with Crippen molar-refractivity contribution in [2.75, 3.05) is 33.2 Å². The van der Waals surface area contributed by atoms with Crippen LogP contribution in [0.4, 0.5) is 9.18 Å². The average Bonchev–Trinajstić information content (AvgIpc) is 2.50. The molecule has 0 aromatic heterocycles. The number of piperazine rings is 1. The van der Waals surface area contributed by atoms with E-state index in [0.717, 1.165) is 0 Å². The standard InChI is InChI=1S/C18H28FN3O4S/c1-18(2,3)26-17(23)20-11-16-12-21(4)8-9-22(16)27(24,25)13-14-6-5-7-15(19)10-14/h5-7,10,16H,8-9,11-13H2,1-4H3,(H,20,23). The first-order chi connectivity index (χ1) is 12.5. The third-order valence-corrected chi connectivity index (χ3v) is 6.00. The Morgan fingerprint density at radius 3 is 2.67 bits per heavy atom. The van der Waals surface area contributed by atoms with Crippen molar-refractivity contribution in [1.82, 2.24) is 14.5 Å². The molecule has 0 spiro atoms. The van der Waals surface area contributed by atoms with E-state index in [1.165, 1.54) is 22.5 Å². The lowest BCUT2D eigenvalue weighted by molar-refractivity contribution is 0.0503. The van der Waals surface area contributed by atoms with Crippen molar-refractivity contribution >= 4 is 16.1 Å². The van der Waals surface area contributed by atoms with Crippen LogP contribution in [-0.2, 0) is 20.5 Å². The lowest BCUT2D eigenvalue weighted by atomic mass is 10.2. The summed E-state index contributed by atoms with van der Waals surface area (Å²) in [4.78, 5) is 13.9. The van der Waals surface area contributed by atoms with Gasteiger partial charge in [0.05, 0.1) is 11.8 Å². The van der Waals surface area contributed by atoms with Crippen molar-refractivity contribution in [2.24, 2.45) is 0 Å². The number of sulfonamides is 1. The molecule has 1 heterocycles. The summed E-state index contributed by atoms with van der Waals surface area (Å²) in [6.45, 7) is 6.81. The number of likely N-dealkylation sites (N-methyl/N-ethyl adjacent to an activating group) is 1. The van der Waals surface area contributed by atoms with Crippen LogP contribution in [0, 0.1) is 5.82 Å². The summed E-state index contributed by atoms with van der Waals surface area (Å²) < 4.78 is 45.8.